The molecule has 1 aromatic carbocycles. The number of aromatic hydroxyl groups is 1. The van der Waals surface area contributed by atoms with Gasteiger partial charge in [-0.05, 0) is 25.5 Å². The van der Waals surface area contributed by atoms with Crippen LogP contribution in [0.2, 0.25) is 0 Å². The van der Waals surface area contributed by atoms with Crippen molar-refractivity contribution in [3.8, 4) is 5.75 Å². The minimum absolute atomic E-state index is 0.0704. The first-order chi connectivity index (χ1) is 8.49. The van der Waals surface area contributed by atoms with Crippen LogP contribution in [0.1, 0.15) is 20.9 Å². The number of hydrogen-bond donors (Lipinski definition) is 3. The molecule has 0 saturated carbocycles. The summed E-state index contributed by atoms with van der Waals surface area (Å²) in [5.74, 6) is -0.247. The van der Waals surface area contributed by atoms with Crippen molar-refractivity contribution in [1.29, 1.82) is 0 Å². The molecular weight excluding hydrogens is 250 g/mol. The Balaban J connectivity index is 2.27. The molecule has 1 amide bonds. The van der Waals surface area contributed by atoms with Gasteiger partial charge in [0.05, 0.1) is 11.4 Å². The predicted molar refractivity (Wildman–Crippen MR) is 72.1 cm³/mol. The van der Waals surface area contributed by atoms with E-state index in [4.69, 9.17) is 5.73 Å². The number of carbonyl (C=O) groups is 1. The molecule has 6 heteroatoms. The summed E-state index contributed by atoms with van der Waals surface area (Å²) in [7, 11) is 0. The number of thiazole rings is 1. The number of nitrogen functional groups attached to an aromatic ring is 1. The average molecular weight is 263 g/mol. The molecule has 0 spiro atoms. The van der Waals surface area contributed by atoms with Crippen LogP contribution in [0.15, 0.2) is 18.2 Å². The van der Waals surface area contributed by atoms with E-state index >= 15 is 0 Å². The summed E-state index contributed by atoms with van der Waals surface area (Å²) in [5, 5.41) is 12.8. The summed E-state index contributed by atoms with van der Waals surface area (Å²) in [5.41, 5.74) is 7.21. The maximum atomic E-state index is 12.0. The second-order valence-electron chi connectivity index (χ2n) is 3.89. The zero-order chi connectivity index (χ0) is 13.3. The van der Waals surface area contributed by atoms with E-state index in [-0.39, 0.29) is 11.7 Å². The van der Waals surface area contributed by atoms with Gasteiger partial charge in [0, 0.05) is 0 Å². The van der Waals surface area contributed by atoms with Gasteiger partial charge in [0.2, 0.25) is 0 Å². The number of hydrogen-bond acceptors (Lipinski definition) is 5. The Labute approximate surface area is 108 Å². The second kappa shape index (κ2) is 4.66. The highest BCUT2D eigenvalue weighted by molar-refractivity contribution is 7.17. The highest BCUT2D eigenvalue weighted by Gasteiger charge is 2.15. The summed E-state index contributed by atoms with van der Waals surface area (Å²) < 4.78 is 0. The highest BCUT2D eigenvalue weighted by atomic mass is 32.1. The van der Waals surface area contributed by atoms with Crippen LogP contribution in [0.3, 0.4) is 0 Å². The average Bonchev–Trinajstić information content (AvgIpc) is 2.64. The fraction of sp³-hybridized carbons (Fsp3) is 0.167. The number of rotatable bonds is 2. The van der Waals surface area contributed by atoms with Gasteiger partial charge >= 0.3 is 0 Å². The number of nitrogens with one attached hydrogen (secondary N) is 1. The molecule has 0 aliphatic carbocycles. The number of carbonyl (C=O) groups excluding carboxylic acids is 1. The topological polar surface area (TPSA) is 88.2 Å². The molecule has 0 unspecified atom stereocenters. The van der Waals surface area contributed by atoms with Crippen LogP contribution in [0, 0.1) is 13.8 Å². The van der Waals surface area contributed by atoms with Gasteiger partial charge < -0.3 is 16.2 Å². The molecule has 0 atom stereocenters. The van der Waals surface area contributed by atoms with Gasteiger partial charge in [0.15, 0.2) is 5.13 Å². The van der Waals surface area contributed by atoms with Crippen LogP contribution in [-0.4, -0.2) is 16.0 Å². The van der Waals surface area contributed by atoms with Gasteiger partial charge in [-0.3, -0.25) is 4.79 Å². The lowest BCUT2D eigenvalue weighted by atomic mass is 10.2. The molecular formula is C12H13N3O2S. The van der Waals surface area contributed by atoms with Gasteiger partial charge in [-0.2, -0.15) is 0 Å². The van der Waals surface area contributed by atoms with Crippen LogP contribution in [0.4, 0.5) is 10.8 Å². The molecule has 5 nitrogen and oxygen atoms in total. The van der Waals surface area contributed by atoms with E-state index in [1.165, 1.54) is 0 Å². The third-order valence-corrected chi connectivity index (χ3v) is 3.49. The number of amides is 1. The first-order valence-corrected chi connectivity index (χ1v) is 6.13. The smallest absolute Gasteiger partial charge is 0.267 e. The van der Waals surface area contributed by atoms with Crippen molar-refractivity contribution in [2.75, 3.05) is 11.1 Å². The molecule has 2 aromatic rings. The van der Waals surface area contributed by atoms with E-state index < -0.39 is 0 Å². The first-order valence-electron chi connectivity index (χ1n) is 5.32. The Kier molecular flexibility index (Phi) is 3.20. The third kappa shape index (κ3) is 2.28. The van der Waals surface area contributed by atoms with Crippen molar-refractivity contribution in [2.24, 2.45) is 0 Å². The van der Waals surface area contributed by atoms with Crippen molar-refractivity contribution in [2.45, 2.75) is 13.8 Å². The molecule has 0 aliphatic heterocycles. The van der Waals surface area contributed by atoms with E-state index in [1.54, 1.807) is 32.0 Å². The van der Waals surface area contributed by atoms with Gasteiger partial charge in [-0.25, -0.2) is 4.98 Å². The molecule has 4 N–H and O–H groups in total. The maximum Gasteiger partial charge on any atom is 0.267 e. The molecule has 0 aliphatic rings. The lowest BCUT2D eigenvalue weighted by Crippen LogP contribution is -2.11. The molecule has 18 heavy (non-hydrogen) atoms. The number of nitrogens with zero attached hydrogens (tertiary/aromatic N) is 1. The molecule has 2 rings (SSSR count). The number of aryl methyl sites for hydroxylation is 2. The molecule has 0 bridgehead atoms. The van der Waals surface area contributed by atoms with Crippen LogP contribution >= 0.6 is 11.3 Å². The summed E-state index contributed by atoms with van der Waals surface area (Å²) in [6.07, 6.45) is 0. The second-order valence-corrected chi connectivity index (χ2v) is 4.92. The van der Waals surface area contributed by atoms with E-state index in [0.717, 1.165) is 11.3 Å². The van der Waals surface area contributed by atoms with E-state index in [2.05, 4.69) is 10.3 Å². The maximum absolute atomic E-state index is 12.0. The highest BCUT2D eigenvalue weighted by Crippen LogP contribution is 2.28. The Hall–Kier alpha value is -2.08. The fourth-order valence-electron chi connectivity index (χ4n) is 1.57. The lowest BCUT2D eigenvalue weighted by molar-refractivity contribution is 0.102. The van der Waals surface area contributed by atoms with E-state index in [0.29, 0.717) is 27.0 Å². The monoisotopic (exact) mass is 263 g/mol. The number of para-hydroxylation sites is 1. The Morgan fingerprint density at radius 2 is 2.17 bits per heavy atom. The van der Waals surface area contributed by atoms with E-state index in [9.17, 15) is 9.90 Å². The zero-order valence-electron chi connectivity index (χ0n) is 10.0. The van der Waals surface area contributed by atoms with Gasteiger partial charge in [0.1, 0.15) is 10.6 Å². The third-order valence-electron chi connectivity index (χ3n) is 2.51. The molecule has 1 aromatic heterocycles. The van der Waals surface area contributed by atoms with Gasteiger partial charge in [0.25, 0.3) is 5.91 Å². The van der Waals surface area contributed by atoms with Crippen LogP contribution < -0.4 is 11.1 Å². The number of aromatic nitrogens is 1. The fourth-order valence-corrected chi connectivity index (χ4v) is 2.30. The Morgan fingerprint density at radius 1 is 1.44 bits per heavy atom. The number of benzene rings is 1. The molecule has 0 saturated heterocycles. The minimum atomic E-state index is -0.317. The van der Waals surface area contributed by atoms with Gasteiger partial charge in [-0.1, -0.05) is 23.5 Å². The van der Waals surface area contributed by atoms with Crippen molar-refractivity contribution < 1.29 is 9.90 Å². The quantitative estimate of drug-likeness (QED) is 0.725. The number of nitrogens with two attached hydrogens (primary N) is 1. The molecule has 0 radical (unpaired) electrons. The molecule has 0 fully saturated rings. The van der Waals surface area contributed by atoms with Crippen LogP contribution in [0.25, 0.3) is 0 Å². The minimum Gasteiger partial charge on any atom is -0.505 e. The first kappa shape index (κ1) is 12.4. The van der Waals surface area contributed by atoms with Crippen molar-refractivity contribution >= 4 is 28.1 Å². The van der Waals surface area contributed by atoms with E-state index in [1.807, 2.05) is 0 Å². The van der Waals surface area contributed by atoms with Crippen molar-refractivity contribution in [1.82, 2.24) is 4.98 Å². The zero-order valence-corrected chi connectivity index (χ0v) is 10.8. The molecule has 1 heterocycles. The largest absolute Gasteiger partial charge is 0.505 e. The summed E-state index contributed by atoms with van der Waals surface area (Å²) in [6, 6.07) is 5.17. The summed E-state index contributed by atoms with van der Waals surface area (Å²) in [4.78, 5) is 16.4. The summed E-state index contributed by atoms with van der Waals surface area (Å²) in [6.45, 7) is 3.48. The number of anilines is 2. The van der Waals surface area contributed by atoms with Gasteiger partial charge in [-0.15, -0.1) is 0 Å². The Bertz CT molecular complexity index is 607. The van der Waals surface area contributed by atoms with Crippen LogP contribution in [-0.2, 0) is 0 Å². The normalized spacial score (nSPS) is 10.3. The Morgan fingerprint density at radius 3 is 2.78 bits per heavy atom. The molecule has 94 valence electrons. The SMILES string of the molecule is Cc1cccc(NC(=O)c2sc(N)nc2C)c1O. The van der Waals surface area contributed by atoms with Crippen LogP contribution in [0.5, 0.6) is 5.75 Å². The predicted octanol–water partition coefficient (Wildman–Crippen LogP) is 2.30. The summed E-state index contributed by atoms with van der Waals surface area (Å²) >= 11 is 1.12. The van der Waals surface area contributed by atoms with Crippen molar-refractivity contribution in [3.05, 3.63) is 34.3 Å². The van der Waals surface area contributed by atoms with Crippen molar-refractivity contribution in [3.63, 3.8) is 0 Å². The standard InChI is InChI=1S/C12H13N3O2S/c1-6-4-3-5-8(9(6)16)15-11(17)10-7(2)14-12(13)18-10/h3-5,16H,1-2H3,(H2,13,14)(H,15,17). The lowest BCUT2D eigenvalue weighted by Gasteiger charge is -2.08. The number of phenols is 1. The number of phenolic OH excluding ortho intramolecular Hbond substituents is 1.